The minimum absolute atomic E-state index is 0.148. The lowest BCUT2D eigenvalue weighted by Crippen LogP contribution is -2.38. The van der Waals surface area contributed by atoms with Crippen molar-refractivity contribution in [1.29, 1.82) is 0 Å². The molecule has 8 heteroatoms. The summed E-state index contributed by atoms with van der Waals surface area (Å²) in [5.41, 5.74) is 0.215. The highest BCUT2D eigenvalue weighted by Crippen LogP contribution is 2.36. The van der Waals surface area contributed by atoms with Gasteiger partial charge in [-0.1, -0.05) is 11.6 Å². The Balaban J connectivity index is 3.13. The molecule has 0 radical (unpaired) electrons. The second-order valence-electron chi connectivity index (χ2n) is 4.54. The average Bonchev–Trinajstić information content (AvgIpc) is 2.52. The predicted octanol–water partition coefficient (Wildman–Crippen LogP) is 1.92. The molecular weight excluding hydrogens is 326 g/mol. The van der Waals surface area contributed by atoms with Crippen molar-refractivity contribution in [2.75, 3.05) is 40.5 Å². The number of methoxy groups -OCH3 is 2. The minimum Gasteiger partial charge on any atom is -0.493 e. The Kier molecular flexibility index (Phi) is 7.64. The van der Waals surface area contributed by atoms with Crippen LogP contribution in [-0.2, 0) is 9.53 Å². The van der Waals surface area contributed by atoms with Crippen LogP contribution >= 0.6 is 11.6 Å². The molecule has 0 unspecified atom stereocenters. The summed E-state index contributed by atoms with van der Waals surface area (Å²) in [5.74, 6) is -0.939. The fourth-order valence-corrected chi connectivity index (χ4v) is 2.19. The van der Waals surface area contributed by atoms with E-state index in [1.54, 1.807) is 6.92 Å². The second kappa shape index (κ2) is 9.22. The normalized spacial score (nSPS) is 10.3. The Morgan fingerprint density at radius 2 is 2.00 bits per heavy atom. The van der Waals surface area contributed by atoms with Gasteiger partial charge < -0.3 is 24.2 Å². The summed E-state index contributed by atoms with van der Waals surface area (Å²) in [6, 6.07) is 2.90. The summed E-state index contributed by atoms with van der Waals surface area (Å²) in [4.78, 5) is 24.6. The molecule has 7 nitrogen and oxygen atoms in total. The van der Waals surface area contributed by atoms with Gasteiger partial charge in [0.1, 0.15) is 6.54 Å². The first-order chi connectivity index (χ1) is 10.9. The molecule has 1 aromatic carbocycles. The zero-order valence-electron chi connectivity index (χ0n) is 13.3. The number of hydrogen-bond donors (Lipinski definition) is 1. The number of benzene rings is 1. The second-order valence-corrected chi connectivity index (χ2v) is 4.94. The smallest absolute Gasteiger partial charge is 0.323 e. The average molecular weight is 346 g/mol. The molecule has 1 rings (SSSR count). The Labute approximate surface area is 139 Å². The zero-order valence-corrected chi connectivity index (χ0v) is 14.1. The van der Waals surface area contributed by atoms with Crippen LogP contribution in [0.3, 0.4) is 0 Å². The van der Waals surface area contributed by atoms with Gasteiger partial charge in [-0.2, -0.15) is 0 Å². The number of halogens is 1. The van der Waals surface area contributed by atoms with Crippen molar-refractivity contribution in [2.45, 2.75) is 6.92 Å². The molecule has 1 N–H and O–H groups in total. The molecule has 0 aliphatic carbocycles. The fourth-order valence-electron chi connectivity index (χ4n) is 1.93. The number of carboxylic acids is 1. The van der Waals surface area contributed by atoms with Crippen LogP contribution < -0.4 is 9.47 Å². The van der Waals surface area contributed by atoms with Crippen molar-refractivity contribution >= 4 is 23.5 Å². The van der Waals surface area contributed by atoms with Crippen molar-refractivity contribution in [1.82, 2.24) is 4.90 Å². The SMILES string of the molecule is CCOc1c(Cl)cc(C(=O)N(CCOC)CC(=O)O)cc1OC. The van der Waals surface area contributed by atoms with Gasteiger partial charge in [0.15, 0.2) is 11.5 Å². The highest BCUT2D eigenvalue weighted by molar-refractivity contribution is 6.32. The highest BCUT2D eigenvalue weighted by Gasteiger charge is 2.21. The topological polar surface area (TPSA) is 85.3 Å². The molecule has 1 aromatic rings. The standard InChI is InChI=1S/C15H20ClNO6/c1-4-23-14-11(16)7-10(8-12(14)22-3)15(20)17(5-6-21-2)9-13(18)19/h7-8H,4-6,9H2,1-3H3,(H,18,19). The van der Waals surface area contributed by atoms with Gasteiger partial charge in [0.2, 0.25) is 0 Å². The molecule has 0 aliphatic rings. The third kappa shape index (κ3) is 5.30. The highest BCUT2D eigenvalue weighted by atomic mass is 35.5. The first-order valence-corrected chi connectivity index (χ1v) is 7.32. The summed E-state index contributed by atoms with van der Waals surface area (Å²) in [5, 5.41) is 9.16. The Morgan fingerprint density at radius 1 is 1.30 bits per heavy atom. The van der Waals surface area contributed by atoms with Crippen LogP contribution in [0.4, 0.5) is 0 Å². The van der Waals surface area contributed by atoms with E-state index < -0.39 is 18.4 Å². The Hall–Kier alpha value is -1.99. The number of nitrogens with zero attached hydrogens (tertiary/aromatic N) is 1. The lowest BCUT2D eigenvalue weighted by molar-refractivity contribution is -0.137. The van der Waals surface area contributed by atoms with Gasteiger partial charge in [0, 0.05) is 19.2 Å². The van der Waals surface area contributed by atoms with Gasteiger partial charge in [-0.15, -0.1) is 0 Å². The van der Waals surface area contributed by atoms with Crippen LogP contribution in [0.1, 0.15) is 17.3 Å². The Morgan fingerprint density at radius 3 is 2.52 bits per heavy atom. The zero-order chi connectivity index (χ0) is 17.4. The van der Waals surface area contributed by atoms with Crippen LogP contribution in [0.2, 0.25) is 5.02 Å². The van der Waals surface area contributed by atoms with E-state index in [-0.39, 0.29) is 23.7 Å². The van der Waals surface area contributed by atoms with E-state index in [0.29, 0.717) is 18.1 Å². The van der Waals surface area contributed by atoms with Crippen LogP contribution in [0.5, 0.6) is 11.5 Å². The summed E-state index contributed by atoms with van der Waals surface area (Å²) in [7, 11) is 2.91. The molecular formula is C15H20ClNO6. The molecule has 0 bridgehead atoms. The predicted molar refractivity (Wildman–Crippen MR) is 84.6 cm³/mol. The largest absolute Gasteiger partial charge is 0.493 e. The van der Waals surface area contributed by atoms with Gasteiger partial charge in [-0.05, 0) is 19.1 Å². The molecule has 0 saturated carbocycles. The van der Waals surface area contributed by atoms with E-state index in [4.69, 9.17) is 30.9 Å². The molecule has 128 valence electrons. The summed E-state index contributed by atoms with van der Waals surface area (Å²) >= 11 is 6.13. The van der Waals surface area contributed by atoms with Crippen molar-refractivity contribution in [3.8, 4) is 11.5 Å². The summed E-state index contributed by atoms with van der Waals surface area (Å²) < 4.78 is 15.5. The maximum absolute atomic E-state index is 12.5. The van der Waals surface area contributed by atoms with Crippen LogP contribution in [0.15, 0.2) is 12.1 Å². The van der Waals surface area contributed by atoms with E-state index in [2.05, 4.69) is 0 Å². The first kappa shape index (κ1) is 19.1. The maximum atomic E-state index is 12.5. The van der Waals surface area contributed by atoms with Crippen molar-refractivity contribution in [3.05, 3.63) is 22.7 Å². The lowest BCUT2D eigenvalue weighted by atomic mass is 10.1. The van der Waals surface area contributed by atoms with E-state index in [1.807, 2.05) is 0 Å². The fraction of sp³-hybridized carbons (Fsp3) is 0.467. The number of carbonyl (C=O) groups is 2. The maximum Gasteiger partial charge on any atom is 0.323 e. The number of carbonyl (C=O) groups excluding carboxylic acids is 1. The monoisotopic (exact) mass is 345 g/mol. The third-order valence-corrected chi connectivity index (χ3v) is 3.22. The molecule has 0 fully saturated rings. The molecule has 0 heterocycles. The minimum atomic E-state index is -1.11. The third-order valence-electron chi connectivity index (χ3n) is 2.94. The number of carboxylic acid groups (broad SMARTS) is 1. The first-order valence-electron chi connectivity index (χ1n) is 6.94. The summed E-state index contributed by atoms with van der Waals surface area (Å²) in [6.45, 7) is 2.13. The van der Waals surface area contributed by atoms with Crippen LogP contribution in [0.25, 0.3) is 0 Å². The number of hydrogen-bond acceptors (Lipinski definition) is 5. The van der Waals surface area contributed by atoms with Gasteiger partial charge in [-0.3, -0.25) is 9.59 Å². The summed E-state index contributed by atoms with van der Waals surface area (Å²) in [6.07, 6.45) is 0. The van der Waals surface area contributed by atoms with Gasteiger partial charge in [-0.25, -0.2) is 0 Å². The van der Waals surface area contributed by atoms with Crippen LogP contribution in [-0.4, -0.2) is 62.4 Å². The molecule has 0 saturated heterocycles. The lowest BCUT2D eigenvalue weighted by Gasteiger charge is -2.21. The van der Waals surface area contributed by atoms with E-state index in [1.165, 1.54) is 26.4 Å². The van der Waals surface area contributed by atoms with E-state index >= 15 is 0 Å². The molecule has 0 atom stereocenters. The quantitative estimate of drug-likeness (QED) is 0.736. The van der Waals surface area contributed by atoms with Gasteiger partial charge in [0.25, 0.3) is 5.91 Å². The number of rotatable bonds is 9. The van der Waals surface area contributed by atoms with Gasteiger partial charge in [0.05, 0.1) is 25.3 Å². The number of aliphatic carboxylic acids is 1. The van der Waals surface area contributed by atoms with E-state index in [9.17, 15) is 9.59 Å². The molecule has 0 aromatic heterocycles. The number of ether oxygens (including phenoxy) is 3. The molecule has 1 amide bonds. The molecule has 0 aliphatic heterocycles. The van der Waals surface area contributed by atoms with Crippen molar-refractivity contribution < 1.29 is 28.9 Å². The molecule has 23 heavy (non-hydrogen) atoms. The Bertz CT molecular complexity index is 563. The number of amides is 1. The van der Waals surface area contributed by atoms with Crippen molar-refractivity contribution in [2.24, 2.45) is 0 Å². The van der Waals surface area contributed by atoms with Crippen molar-refractivity contribution in [3.63, 3.8) is 0 Å². The van der Waals surface area contributed by atoms with Gasteiger partial charge >= 0.3 is 5.97 Å². The molecule has 0 spiro atoms. The van der Waals surface area contributed by atoms with E-state index in [0.717, 1.165) is 4.90 Å². The van der Waals surface area contributed by atoms with Crippen LogP contribution in [0, 0.1) is 0 Å².